The van der Waals surface area contributed by atoms with Crippen LogP contribution in [-0.2, 0) is 12.7 Å². The molecule has 0 bridgehead atoms. The molecule has 21 heavy (non-hydrogen) atoms. The van der Waals surface area contributed by atoms with Crippen molar-refractivity contribution in [2.24, 2.45) is 0 Å². The normalized spacial score (nSPS) is 11.4. The highest BCUT2D eigenvalue weighted by Crippen LogP contribution is 2.29. The second-order valence-corrected chi connectivity index (χ2v) is 4.40. The molecule has 112 valence electrons. The van der Waals surface area contributed by atoms with Crippen LogP contribution in [0.25, 0.3) is 0 Å². The van der Waals surface area contributed by atoms with Crippen molar-refractivity contribution in [3.8, 4) is 5.88 Å². The molecule has 0 fully saturated rings. The molecular formula is C13H12F3N3O2. The van der Waals surface area contributed by atoms with Gasteiger partial charge < -0.3 is 15.4 Å². The second kappa shape index (κ2) is 5.47. The average Bonchev–Trinajstić information content (AvgIpc) is 2.36. The van der Waals surface area contributed by atoms with Crippen molar-refractivity contribution < 1.29 is 18.3 Å². The maximum absolute atomic E-state index is 12.6. The van der Waals surface area contributed by atoms with Gasteiger partial charge in [0.05, 0.1) is 5.56 Å². The minimum Gasteiger partial charge on any atom is -0.492 e. The summed E-state index contributed by atoms with van der Waals surface area (Å²) < 4.78 is 37.7. The molecular weight excluding hydrogens is 287 g/mol. The van der Waals surface area contributed by atoms with Crippen LogP contribution in [0.2, 0.25) is 0 Å². The monoisotopic (exact) mass is 299 g/mol. The Morgan fingerprint density at radius 3 is 2.71 bits per heavy atom. The van der Waals surface area contributed by atoms with Gasteiger partial charge >= 0.3 is 6.18 Å². The van der Waals surface area contributed by atoms with Gasteiger partial charge in [-0.15, -0.1) is 0 Å². The van der Waals surface area contributed by atoms with Crippen molar-refractivity contribution in [1.82, 2.24) is 9.97 Å². The summed E-state index contributed by atoms with van der Waals surface area (Å²) in [4.78, 5) is 17.7. The molecule has 1 aromatic heterocycles. The van der Waals surface area contributed by atoms with Crippen molar-refractivity contribution in [3.05, 3.63) is 51.6 Å². The number of H-pyrrole nitrogens is 1. The number of aryl methyl sites for hydroxylation is 1. The molecule has 5 nitrogen and oxygen atoms in total. The molecule has 0 saturated heterocycles. The number of hydrogen-bond acceptors (Lipinski definition) is 4. The van der Waals surface area contributed by atoms with Crippen molar-refractivity contribution in [1.29, 1.82) is 0 Å². The first kappa shape index (κ1) is 14.9. The minimum atomic E-state index is -4.43. The Balaban J connectivity index is 2.20. The van der Waals surface area contributed by atoms with E-state index < -0.39 is 23.2 Å². The molecule has 1 aromatic carbocycles. The number of benzene rings is 1. The molecule has 0 aliphatic rings. The minimum absolute atomic E-state index is 0.0503. The molecule has 0 unspecified atom stereocenters. The van der Waals surface area contributed by atoms with Gasteiger partial charge in [0.25, 0.3) is 5.56 Å². The summed E-state index contributed by atoms with van der Waals surface area (Å²) >= 11 is 0. The quantitative estimate of drug-likeness (QED) is 0.813. The van der Waals surface area contributed by atoms with E-state index in [1.807, 2.05) is 0 Å². The standard InChI is InChI=1S/C13H12F3N3O2/c1-7-18-11(20)10(12(21)19-7)17-6-8-3-2-4-9(5-8)13(14,15)16/h2-5,17H,6H2,1H3,(H2,18,19,20,21). The molecule has 2 aromatic rings. The average molecular weight is 299 g/mol. The van der Waals surface area contributed by atoms with E-state index in [0.29, 0.717) is 5.56 Å². The van der Waals surface area contributed by atoms with E-state index in [1.165, 1.54) is 19.1 Å². The maximum Gasteiger partial charge on any atom is 0.416 e. The lowest BCUT2D eigenvalue weighted by atomic mass is 10.1. The van der Waals surface area contributed by atoms with Crippen LogP contribution in [0, 0.1) is 6.92 Å². The molecule has 2 rings (SSSR count). The third-order valence-corrected chi connectivity index (χ3v) is 2.74. The number of rotatable bonds is 3. The van der Waals surface area contributed by atoms with Gasteiger partial charge in [0.1, 0.15) is 5.82 Å². The van der Waals surface area contributed by atoms with Gasteiger partial charge in [-0.1, -0.05) is 12.1 Å². The Hall–Kier alpha value is -2.51. The first-order valence-corrected chi connectivity index (χ1v) is 5.97. The lowest BCUT2D eigenvalue weighted by Gasteiger charge is -2.10. The van der Waals surface area contributed by atoms with Gasteiger partial charge in [0.2, 0.25) is 5.88 Å². The molecule has 8 heteroatoms. The third kappa shape index (κ3) is 3.53. The Labute approximate surface area is 117 Å². The van der Waals surface area contributed by atoms with Crippen molar-refractivity contribution in [2.45, 2.75) is 19.6 Å². The highest BCUT2D eigenvalue weighted by atomic mass is 19.4. The molecule has 0 saturated carbocycles. The van der Waals surface area contributed by atoms with Gasteiger partial charge in [-0.2, -0.15) is 18.2 Å². The summed E-state index contributed by atoms with van der Waals surface area (Å²) in [5.41, 5.74) is -1.23. The van der Waals surface area contributed by atoms with Gasteiger partial charge in [0, 0.05) is 6.54 Å². The number of nitrogens with zero attached hydrogens (tertiary/aromatic N) is 1. The fraction of sp³-hybridized carbons (Fsp3) is 0.231. The molecule has 1 heterocycles. The molecule has 0 amide bonds. The Morgan fingerprint density at radius 1 is 1.38 bits per heavy atom. The summed E-state index contributed by atoms with van der Waals surface area (Å²) in [5, 5.41) is 12.1. The summed E-state index contributed by atoms with van der Waals surface area (Å²) in [5.74, 6) is -0.259. The highest BCUT2D eigenvalue weighted by molar-refractivity contribution is 5.50. The van der Waals surface area contributed by atoms with Crippen molar-refractivity contribution in [3.63, 3.8) is 0 Å². The van der Waals surface area contributed by atoms with Crippen LogP contribution in [0.4, 0.5) is 18.9 Å². The largest absolute Gasteiger partial charge is 0.492 e. The SMILES string of the molecule is Cc1nc(O)c(NCc2cccc(C(F)(F)F)c2)c(=O)[nH]1. The second-order valence-electron chi connectivity index (χ2n) is 4.40. The first-order chi connectivity index (χ1) is 9.77. The molecule has 0 aliphatic heterocycles. The zero-order chi connectivity index (χ0) is 15.6. The fourth-order valence-corrected chi connectivity index (χ4v) is 1.78. The van der Waals surface area contributed by atoms with E-state index in [0.717, 1.165) is 12.1 Å². The predicted molar refractivity (Wildman–Crippen MR) is 70.0 cm³/mol. The maximum atomic E-state index is 12.6. The van der Waals surface area contributed by atoms with Gasteiger partial charge in [-0.05, 0) is 24.6 Å². The van der Waals surface area contributed by atoms with Crippen LogP contribution in [0.15, 0.2) is 29.1 Å². The molecule has 0 aliphatic carbocycles. The smallest absolute Gasteiger partial charge is 0.416 e. The number of aromatic nitrogens is 2. The molecule has 0 radical (unpaired) electrons. The van der Waals surface area contributed by atoms with E-state index in [1.54, 1.807) is 0 Å². The van der Waals surface area contributed by atoms with Crippen LogP contribution in [0.3, 0.4) is 0 Å². The highest BCUT2D eigenvalue weighted by Gasteiger charge is 2.30. The zero-order valence-electron chi connectivity index (χ0n) is 11.0. The van der Waals surface area contributed by atoms with E-state index in [9.17, 15) is 23.1 Å². The van der Waals surface area contributed by atoms with E-state index in [-0.39, 0.29) is 18.1 Å². The summed E-state index contributed by atoms with van der Waals surface area (Å²) in [6.07, 6.45) is -4.43. The van der Waals surface area contributed by atoms with E-state index >= 15 is 0 Å². The molecule has 0 spiro atoms. The van der Waals surface area contributed by atoms with E-state index in [4.69, 9.17) is 0 Å². The van der Waals surface area contributed by atoms with Gasteiger partial charge in [0.15, 0.2) is 5.69 Å². The van der Waals surface area contributed by atoms with Crippen LogP contribution >= 0.6 is 0 Å². The molecule has 0 atom stereocenters. The number of anilines is 1. The predicted octanol–water partition coefficient (Wildman–Crippen LogP) is 2.41. The van der Waals surface area contributed by atoms with Crippen LogP contribution in [-0.4, -0.2) is 15.1 Å². The Morgan fingerprint density at radius 2 is 2.10 bits per heavy atom. The number of aromatic amines is 1. The topological polar surface area (TPSA) is 78.0 Å². The number of aromatic hydroxyl groups is 1. The fourth-order valence-electron chi connectivity index (χ4n) is 1.78. The Kier molecular flexibility index (Phi) is 3.88. The zero-order valence-corrected chi connectivity index (χ0v) is 11.0. The molecule has 3 N–H and O–H groups in total. The number of alkyl halides is 3. The number of nitrogens with one attached hydrogen (secondary N) is 2. The van der Waals surface area contributed by atoms with Crippen molar-refractivity contribution >= 4 is 5.69 Å². The number of hydrogen-bond donors (Lipinski definition) is 3. The first-order valence-electron chi connectivity index (χ1n) is 5.97. The number of halogens is 3. The lowest BCUT2D eigenvalue weighted by Crippen LogP contribution is -2.16. The lowest BCUT2D eigenvalue weighted by molar-refractivity contribution is -0.137. The van der Waals surface area contributed by atoms with Crippen LogP contribution in [0.5, 0.6) is 5.88 Å². The third-order valence-electron chi connectivity index (χ3n) is 2.74. The van der Waals surface area contributed by atoms with Crippen molar-refractivity contribution in [2.75, 3.05) is 5.32 Å². The summed E-state index contributed by atoms with van der Waals surface area (Å²) in [6, 6.07) is 4.69. The van der Waals surface area contributed by atoms with Crippen LogP contribution < -0.4 is 10.9 Å². The van der Waals surface area contributed by atoms with Gasteiger partial charge in [-0.25, -0.2) is 0 Å². The van der Waals surface area contributed by atoms with E-state index in [2.05, 4.69) is 15.3 Å². The van der Waals surface area contributed by atoms with Crippen LogP contribution in [0.1, 0.15) is 17.0 Å². The summed E-state index contributed by atoms with van der Waals surface area (Å²) in [7, 11) is 0. The Bertz CT molecular complexity index is 711. The summed E-state index contributed by atoms with van der Waals surface area (Å²) in [6.45, 7) is 1.45. The van der Waals surface area contributed by atoms with Gasteiger partial charge in [-0.3, -0.25) is 4.79 Å².